The van der Waals surface area contributed by atoms with Gasteiger partial charge in [-0.25, -0.2) is 13.6 Å². The molecule has 27 heavy (non-hydrogen) atoms. The van der Waals surface area contributed by atoms with Gasteiger partial charge in [0.15, 0.2) is 0 Å². The van der Waals surface area contributed by atoms with Gasteiger partial charge >= 0.3 is 12.6 Å². The summed E-state index contributed by atoms with van der Waals surface area (Å²) in [5.74, 6) is -2.68. The number of amides is 3. The highest BCUT2D eigenvalue weighted by atomic mass is 19.3. The fourth-order valence-electron chi connectivity index (χ4n) is 2.92. The van der Waals surface area contributed by atoms with Gasteiger partial charge in [-0.15, -0.1) is 0 Å². The molecule has 0 bridgehead atoms. The van der Waals surface area contributed by atoms with Crippen molar-refractivity contribution in [2.75, 3.05) is 0 Å². The van der Waals surface area contributed by atoms with Crippen LogP contribution < -0.4 is 10.1 Å². The molecular weight excluding hydrogens is 368 g/mol. The molecule has 1 heterocycles. The van der Waals surface area contributed by atoms with Gasteiger partial charge in [-0.3, -0.25) is 9.69 Å². The predicted octanol–water partition coefficient (Wildman–Crippen LogP) is 3.53. The molecule has 3 amide bonds. The van der Waals surface area contributed by atoms with Crippen LogP contribution in [-0.2, 0) is 16.9 Å². The summed E-state index contributed by atoms with van der Waals surface area (Å²) >= 11 is 0. The summed E-state index contributed by atoms with van der Waals surface area (Å²) in [5.41, 5.74) is -2.01. The van der Waals surface area contributed by atoms with E-state index in [1.165, 1.54) is 31.2 Å². The van der Waals surface area contributed by atoms with Crippen LogP contribution >= 0.6 is 0 Å². The van der Waals surface area contributed by atoms with Crippen LogP contribution in [0.5, 0.6) is 5.75 Å². The van der Waals surface area contributed by atoms with Gasteiger partial charge in [-0.05, 0) is 31.2 Å². The van der Waals surface area contributed by atoms with Crippen LogP contribution in [0.25, 0.3) is 0 Å². The van der Waals surface area contributed by atoms with Crippen molar-refractivity contribution in [3.63, 3.8) is 0 Å². The van der Waals surface area contributed by atoms with E-state index in [1.54, 1.807) is 0 Å². The lowest BCUT2D eigenvalue weighted by atomic mass is 9.91. The number of hydrogen-bond acceptors (Lipinski definition) is 3. The largest absolute Gasteiger partial charge is 0.434 e. The summed E-state index contributed by atoms with van der Waals surface area (Å²) in [5, 5.41) is 2.34. The third-order valence-corrected chi connectivity index (χ3v) is 4.26. The smallest absolute Gasteiger partial charge is 0.387 e. The molecule has 0 radical (unpaired) electrons. The van der Waals surface area contributed by atoms with Crippen LogP contribution in [0.3, 0.4) is 0 Å². The number of rotatable bonds is 5. The zero-order chi connectivity index (χ0) is 19.8. The van der Waals surface area contributed by atoms with Crippen LogP contribution in [0.15, 0.2) is 42.5 Å². The number of urea groups is 1. The molecule has 5 nitrogen and oxygen atoms in total. The molecule has 1 saturated heterocycles. The maximum Gasteiger partial charge on any atom is 0.387 e. The first-order valence-electron chi connectivity index (χ1n) is 7.84. The Balaban J connectivity index is 1.93. The average Bonchev–Trinajstić information content (AvgIpc) is 2.82. The van der Waals surface area contributed by atoms with E-state index in [2.05, 4.69) is 10.1 Å². The van der Waals surface area contributed by atoms with Crippen molar-refractivity contribution in [1.29, 1.82) is 0 Å². The second-order valence-corrected chi connectivity index (χ2v) is 6.06. The first-order valence-corrected chi connectivity index (χ1v) is 7.84. The first kappa shape index (κ1) is 18.7. The molecule has 1 aliphatic heterocycles. The van der Waals surface area contributed by atoms with Gasteiger partial charge in [0.1, 0.15) is 22.9 Å². The number of ether oxygens (including phenoxy) is 1. The van der Waals surface area contributed by atoms with E-state index in [4.69, 9.17) is 0 Å². The Morgan fingerprint density at radius 2 is 1.85 bits per heavy atom. The third-order valence-electron chi connectivity index (χ3n) is 4.26. The van der Waals surface area contributed by atoms with E-state index in [0.717, 1.165) is 23.1 Å². The summed E-state index contributed by atoms with van der Waals surface area (Å²) in [6, 6.07) is 7.37. The topological polar surface area (TPSA) is 58.6 Å². The summed E-state index contributed by atoms with van der Waals surface area (Å²) < 4.78 is 57.1. The van der Waals surface area contributed by atoms with E-state index in [0.29, 0.717) is 0 Å². The molecule has 0 spiro atoms. The van der Waals surface area contributed by atoms with Crippen molar-refractivity contribution in [3.05, 3.63) is 65.2 Å². The maximum atomic E-state index is 14.1. The van der Waals surface area contributed by atoms with Crippen LogP contribution in [0.1, 0.15) is 18.1 Å². The number of halogens is 4. The molecule has 0 unspecified atom stereocenters. The highest BCUT2D eigenvalue weighted by Gasteiger charge is 2.50. The summed E-state index contributed by atoms with van der Waals surface area (Å²) in [7, 11) is 0. The number of alkyl halides is 2. The van der Waals surface area contributed by atoms with Crippen molar-refractivity contribution in [2.45, 2.75) is 25.6 Å². The maximum absolute atomic E-state index is 14.1. The summed E-state index contributed by atoms with van der Waals surface area (Å²) in [6.45, 7) is -2.21. The summed E-state index contributed by atoms with van der Waals surface area (Å²) in [6.07, 6.45) is 0. The van der Waals surface area contributed by atoms with E-state index in [1.807, 2.05) is 0 Å². The number of nitrogens with one attached hydrogen (secondary N) is 1. The molecule has 2 aromatic rings. The lowest BCUT2D eigenvalue weighted by Gasteiger charge is -2.23. The highest BCUT2D eigenvalue weighted by molar-refractivity contribution is 6.07. The molecule has 2 aromatic carbocycles. The van der Waals surface area contributed by atoms with Gasteiger partial charge in [0.05, 0.1) is 6.54 Å². The molecule has 0 aliphatic carbocycles. The second kappa shape index (κ2) is 6.90. The Bertz CT molecular complexity index is 906. The van der Waals surface area contributed by atoms with Crippen molar-refractivity contribution >= 4 is 11.9 Å². The van der Waals surface area contributed by atoms with Gasteiger partial charge in [-0.2, -0.15) is 8.78 Å². The number of hydrogen-bond donors (Lipinski definition) is 1. The second-order valence-electron chi connectivity index (χ2n) is 6.06. The molecule has 0 saturated carbocycles. The number of nitrogens with zero attached hydrogens (tertiary/aromatic N) is 1. The van der Waals surface area contributed by atoms with Gasteiger partial charge in [0.25, 0.3) is 5.91 Å². The van der Waals surface area contributed by atoms with Crippen molar-refractivity contribution in [3.8, 4) is 5.75 Å². The molecule has 1 atom stereocenters. The molecule has 1 fully saturated rings. The standard InChI is InChI=1S/C18H14F4N2O3/c1-18(12-8-11(19)6-7-13(12)20)15(25)24(17(26)23-18)9-10-4-2-3-5-14(10)27-16(21)22/h2-8,16H,9H2,1H3,(H,23,26)/t18-/m1/s1. The predicted molar refractivity (Wildman–Crippen MR) is 85.9 cm³/mol. The van der Waals surface area contributed by atoms with Crippen molar-refractivity contribution in [1.82, 2.24) is 10.2 Å². The number of benzene rings is 2. The molecule has 0 aromatic heterocycles. The summed E-state index contributed by atoms with van der Waals surface area (Å²) in [4.78, 5) is 25.8. The van der Waals surface area contributed by atoms with Crippen LogP contribution in [0.4, 0.5) is 22.4 Å². The SMILES string of the molecule is C[C@]1(c2cc(F)ccc2F)NC(=O)N(Cc2ccccc2OC(F)F)C1=O. The molecule has 142 valence electrons. The van der Waals surface area contributed by atoms with Crippen molar-refractivity contribution < 1.29 is 31.9 Å². The number of imide groups is 1. The Morgan fingerprint density at radius 1 is 1.15 bits per heavy atom. The normalized spacial score (nSPS) is 19.6. The Labute approximate surface area is 151 Å². The molecule has 1 N–H and O–H groups in total. The fraction of sp³-hybridized carbons (Fsp3) is 0.222. The zero-order valence-electron chi connectivity index (χ0n) is 14.0. The highest BCUT2D eigenvalue weighted by Crippen LogP contribution is 2.33. The lowest BCUT2D eigenvalue weighted by molar-refractivity contribution is -0.131. The Hall–Kier alpha value is -3.10. The lowest BCUT2D eigenvalue weighted by Crippen LogP contribution is -2.41. The van der Waals surface area contributed by atoms with Gasteiger partial charge in [0.2, 0.25) is 0 Å². The number of carbonyl (C=O) groups excluding carboxylic acids is 2. The van der Waals surface area contributed by atoms with E-state index in [-0.39, 0.29) is 23.4 Å². The average molecular weight is 382 g/mol. The third kappa shape index (κ3) is 3.44. The van der Waals surface area contributed by atoms with E-state index < -0.39 is 35.7 Å². The minimum absolute atomic E-state index is 0.158. The number of carbonyl (C=O) groups is 2. The Kier molecular flexibility index (Phi) is 4.77. The van der Waals surface area contributed by atoms with Crippen LogP contribution in [0, 0.1) is 11.6 Å². The fourth-order valence-corrected chi connectivity index (χ4v) is 2.92. The van der Waals surface area contributed by atoms with Gasteiger partial charge in [-0.1, -0.05) is 18.2 Å². The quantitative estimate of drug-likeness (QED) is 0.636. The van der Waals surface area contributed by atoms with Crippen molar-refractivity contribution in [2.24, 2.45) is 0 Å². The molecule has 3 rings (SSSR count). The van der Waals surface area contributed by atoms with Crippen LogP contribution in [0.2, 0.25) is 0 Å². The first-order chi connectivity index (χ1) is 12.7. The monoisotopic (exact) mass is 382 g/mol. The molecular formula is C18H14F4N2O3. The van der Waals surface area contributed by atoms with Crippen LogP contribution in [-0.4, -0.2) is 23.4 Å². The van der Waals surface area contributed by atoms with E-state index in [9.17, 15) is 27.2 Å². The molecule has 1 aliphatic rings. The van der Waals surface area contributed by atoms with Gasteiger partial charge < -0.3 is 10.1 Å². The number of para-hydroxylation sites is 1. The zero-order valence-corrected chi connectivity index (χ0v) is 14.0. The minimum atomic E-state index is -3.08. The van der Waals surface area contributed by atoms with E-state index >= 15 is 0 Å². The Morgan fingerprint density at radius 3 is 2.56 bits per heavy atom. The molecule has 9 heteroatoms. The minimum Gasteiger partial charge on any atom is -0.434 e. The van der Waals surface area contributed by atoms with Gasteiger partial charge in [0, 0.05) is 11.1 Å².